The fourth-order valence-corrected chi connectivity index (χ4v) is 10.2. The first-order valence-electron chi connectivity index (χ1n) is 12.7. The molecule has 8 nitrogen and oxygen atoms in total. The molecule has 0 unspecified atom stereocenters. The van der Waals surface area contributed by atoms with E-state index < -0.39 is 5.97 Å². The van der Waals surface area contributed by atoms with E-state index in [1.54, 1.807) is 11.8 Å². The molecule has 0 radical (unpaired) electrons. The largest absolute Gasteiger partial charge is 0.481 e. The maximum Gasteiger partial charge on any atom is 0.305 e. The fraction of sp³-hybridized carbons (Fsp3) is 0.538. The van der Waals surface area contributed by atoms with Crippen molar-refractivity contribution in [2.24, 2.45) is 29.6 Å². The summed E-state index contributed by atoms with van der Waals surface area (Å²) >= 11 is 2.92. The molecule has 36 heavy (non-hydrogen) atoms. The Kier molecular flexibility index (Phi) is 5.79. The Balaban J connectivity index is 1.38. The van der Waals surface area contributed by atoms with Gasteiger partial charge in [-0.25, -0.2) is 0 Å². The van der Waals surface area contributed by atoms with Crippen LogP contribution in [0.3, 0.4) is 0 Å². The highest BCUT2D eigenvalue weighted by Gasteiger charge is 2.69. The number of fused-ring (bicyclic) bond motifs is 9. The van der Waals surface area contributed by atoms with Crippen molar-refractivity contribution in [3.8, 4) is 0 Å². The maximum atomic E-state index is 13.4. The molecule has 2 aliphatic carbocycles. The predicted octanol–water partition coefficient (Wildman–Crippen LogP) is 3.23. The van der Waals surface area contributed by atoms with Gasteiger partial charge in [-0.05, 0) is 55.7 Å². The van der Waals surface area contributed by atoms with Crippen LogP contribution in [0.15, 0.2) is 34.1 Å². The Morgan fingerprint density at radius 1 is 1.08 bits per heavy atom. The number of aliphatic carboxylic acids is 1. The second-order valence-corrected chi connectivity index (χ2v) is 12.4. The van der Waals surface area contributed by atoms with Crippen molar-refractivity contribution in [1.29, 1.82) is 0 Å². The Morgan fingerprint density at radius 3 is 2.39 bits per heavy atom. The van der Waals surface area contributed by atoms with Crippen molar-refractivity contribution >= 4 is 46.6 Å². The minimum atomic E-state index is -1.01. The van der Waals surface area contributed by atoms with Gasteiger partial charge in [0.1, 0.15) is 0 Å². The number of carbonyl (C=O) groups is 3. The van der Waals surface area contributed by atoms with Gasteiger partial charge < -0.3 is 15.0 Å². The Morgan fingerprint density at radius 2 is 1.75 bits per heavy atom. The Hall–Kier alpha value is -2.59. The number of imide groups is 1. The fourth-order valence-electron chi connectivity index (χ4n) is 7.36. The third-order valence-corrected chi connectivity index (χ3v) is 11.3. The number of thioether (sulfide) groups is 1. The van der Waals surface area contributed by atoms with Crippen molar-refractivity contribution in [3.05, 3.63) is 44.4 Å². The number of nitrogens with one attached hydrogen (secondary N) is 1. The zero-order valence-electron chi connectivity index (χ0n) is 20.2. The smallest absolute Gasteiger partial charge is 0.305 e. The lowest BCUT2D eigenvalue weighted by molar-refractivity contribution is -0.142. The lowest BCUT2D eigenvalue weighted by atomic mass is 9.68. The number of benzene rings is 1. The van der Waals surface area contributed by atoms with E-state index in [0.29, 0.717) is 0 Å². The van der Waals surface area contributed by atoms with Crippen LogP contribution in [0.25, 0.3) is 0 Å². The van der Waals surface area contributed by atoms with E-state index in [2.05, 4.69) is 48.0 Å². The normalized spacial score (nSPS) is 31.9. The van der Waals surface area contributed by atoms with Crippen LogP contribution in [0.5, 0.6) is 0 Å². The van der Waals surface area contributed by atoms with E-state index in [1.165, 1.54) is 16.2 Å². The lowest BCUT2D eigenvalue weighted by Crippen LogP contribution is -2.42. The summed E-state index contributed by atoms with van der Waals surface area (Å²) in [5, 5.41) is 10.1. The first kappa shape index (κ1) is 23.8. The topological polar surface area (TPSA) is 111 Å². The average Bonchev–Trinajstić information content (AvgIpc) is 3.58. The number of hydrogen-bond donors (Lipinski definition) is 2. The number of aromatic amines is 1. The van der Waals surface area contributed by atoms with Crippen LogP contribution >= 0.6 is 23.1 Å². The predicted molar refractivity (Wildman–Crippen MR) is 137 cm³/mol. The zero-order chi connectivity index (χ0) is 25.3. The summed E-state index contributed by atoms with van der Waals surface area (Å²) in [5.74, 6) is -1.94. The molecule has 1 saturated heterocycles. The molecule has 3 fully saturated rings. The summed E-state index contributed by atoms with van der Waals surface area (Å²) in [6.07, 6.45) is 0.600. The van der Waals surface area contributed by atoms with Gasteiger partial charge in [0, 0.05) is 41.4 Å². The van der Waals surface area contributed by atoms with Crippen LogP contribution in [-0.2, 0) is 14.4 Å². The number of carboxylic acid groups (broad SMARTS) is 1. The third kappa shape index (κ3) is 3.40. The standard InChI is InChI=1S/C26H29N3O5S2/c1-3-28(4-2)13-7-5-12(6-8-13)17-18-14-11-15(21(18)35-23-22(17)36-26(34)27-23)20-19(14)24(32)29(25(20)33)10-9-16(30)31/h5-8,14-15,17-21H,3-4,9-11H2,1-2H3,(H,27,34)(H,30,31)/t14-,15+,17+,18+,19+,20+,21-/m0/s1. The van der Waals surface area contributed by atoms with E-state index in [-0.39, 0.29) is 70.4 Å². The number of aromatic nitrogens is 1. The molecule has 1 aromatic carbocycles. The SMILES string of the molecule is CCN(CC)c1ccc([C@H]2c3sc(=O)[nH]c3S[C@H]3[C@@H]4C[C@H]([C@H]5C(=O)N(CCC(=O)O)C(=O)[C@H]45)[C@H]23)cc1. The minimum Gasteiger partial charge on any atom is -0.481 e. The second-order valence-electron chi connectivity index (χ2n) is 10.2. The number of thiazole rings is 1. The molecular weight excluding hydrogens is 498 g/mol. The molecule has 2 aliphatic heterocycles. The van der Waals surface area contributed by atoms with Crippen LogP contribution in [0.4, 0.5) is 5.69 Å². The molecule has 2 aromatic rings. The quantitative estimate of drug-likeness (QED) is 0.532. The van der Waals surface area contributed by atoms with Gasteiger partial charge in [0.15, 0.2) is 0 Å². The van der Waals surface area contributed by atoms with Gasteiger partial charge in [0.2, 0.25) is 11.8 Å². The van der Waals surface area contributed by atoms with Crippen molar-refractivity contribution in [1.82, 2.24) is 9.88 Å². The molecular formula is C26H29N3O5S2. The average molecular weight is 528 g/mol. The Bertz CT molecular complexity index is 1280. The molecule has 6 rings (SSSR count). The highest BCUT2D eigenvalue weighted by Crippen LogP contribution is 2.68. The van der Waals surface area contributed by atoms with Crippen molar-refractivity contribution in [2.45, 2.75) is 42.9 Å². The van der Waals surface area contributed by atoms with Crippen molar-refractivity contribution in [2.75, 3.05) is 24.5 Å². The van der Waals surface area contributed by atoms with Crippen LogP contribution in [-0.4, -0.2) is 57.7 Å². The lowest BCUT2D eigenvalue weighted by Gasteiger charge is -2.43. The third-order valence-electron chi connectivity index (χ3n) is 8.75. The van der Waals surface area contributed by atoms with E-state index in [9.17, 15) is 19.2 Å². The van der Waals surface area contributed by atoms with Gasteiger partial charge in [0.05, 0.1) is 23.3 Å². The molecule has 4 aliphatic rings. The minimum absolute atomic E-state index is 0.00660. The van der Waals surface area contributed by atoms with E-state index >= 15 is 0 Å². The highest BCUT2D eigenvalue weighted by atomic mass is 32.2. The number of carbonyl (C=O) groups excluding carboxylic acids is 2. The van der Waals surface area contributed by atoms with Crippen molar-refractivity contribution in [3.63, 3.8) is 0 Å². The number of likely N-dealkylation sites (tertiary alicyclic amines) is 1. The van der Waals surface area contributed by atoms with Crippen molar-refractivity contribution < 1.29 is 19.5 Å². The highest BCUT2D eigenvalue weighted by molar-refractivity contribution is 8.00. The van der Waals surface area contributed by atoms with E-state index in [0.717, 1.165) is 40.7 Å². The van der Waals surface area contributed by atoms with Crippen LogP contribution < -0.4 is 9.77 Å². The summed E-state index contributed by atoms with van der Waals surface area (Å²) in [6, 6.07) is 8.59. The summed E-state index contributed by atoms with van der Waals surface area (Å²) in [4.78, 5) is 57.7. The molecule has 0 spiro atoms. The summed E-state index contributed by atoms with van der Waals surface area (Å²) in [7, 11) is 0. The summed E-state index contributed by atoms with van der Waals surface area (Å²) in [6.45, 7) is 6.06. The van der Waals surface area contributed by atoms with E-state index in [4.69, 9.17) is 5.11 Å². The molecule has 2 bridgehead atoms. The summed E-state index contributed by atoms with van der Waals surface area (Å²) < 4.78 is 0. The zero-order valence-corrected chi connectivity index (χ0v) is 21.8. The van der Waals surface area contributed by atoms with Gasteiger partial charge in [0.25, 0.3) is 0 Å². The first-order chi connectivity index (χ1) is 17.3. The molecule has 2 saturated carbocycles. The van der Waals surface area contributed by atoms with Crippen LogP contribution in [0.2, 0.25) is 0 Å². The maximum absolute atomic E-state index is 13.4. The van der Waals surface area contributed by atoms with Gasteiger partial charge in [-0.1, -0.05) is 23.5 Å². The molecule has 7 atom stereocenters. The number of rotatable bonds is 7. The number of nitrogens with zero attached hydrogens (tertiary/aromatic N) is 2. The molecule has 3 heterocycles. The Labute approximate surface area is 217 Å². The van der Waals surface area contributed by atoms with Gasteiger partial charge in [-0.15, -0.1) is 11.8 Å². The molecule has 2 amide bonds. The van der Waals surface area contributed by atoms with Gasteiger partial charge in [-0.2, -0.15) is 0 Å². The second kappa shape index (κ2) is 8.76. The van der Waals surface area contributed by atoms with Crippen LogP contribution in [0.1, 0.15) is 43.0 Å². The number of amides is 2. The van der Waals surface area contributed by atoms with E-state index in [1.807, 2.05) is 0 Å². The molecule has 190 valence electrons. The number of carboxylic acids is 1. The van der Waals surface area contributed by atoms with Crippen LogP contribution in [0, 0.1) is 29.6 Å². The monoisotopic (exact) mass is 527 g/mol. The van der Waals surface area contributed by atoms with Gasteiger partial charge in [-0.3, -0.25) is 24.1 Å². The number of hydrogen-bond acceptors (Lipinski definition) is 7. The molecule has 1 aromatic heterocycles. The number of H-pyrrole nitrogens is 1. The van der Waals surface area contributed by atoms with Gasteiger partial charge >= 0.3 is 10.8 Å². The summed E-state index contributed by atoms with van der Waals surface area (Å²) in [5.41, 5.74) is 2.30. The molecule has 10 heteroatoms. The first-order valence-corrected chi connectivity index (χ1v) is 14.3. The molecule has 2 N–H and O–H groups in total. The number of anilines is 1.